The number of fused-ring (bicyclic) bond motifs is 3. The Morgan fingerprint density at radius 1 is 1.42 bits per heavy atom. The Labute approximate surface area is 146 Å². The molecule has 0 aliphatic carbocycles. The first-order valence-electron chi connectivity index (χ1n) is 7.67. The van der Waals surface area contributed by atoms with Gasteiger partial charge in [0, 0.05) is 17.9 Å². The number of nitrogens with zero attached hydrogens (tertiary/aromatic N) is 1. The molecule has 0 saturated heterocycles. The number of carbonyl (C=O) groups excluding carboxylic acids is 1. The van der Waals surface area contributed by atoms with Crippen molar-refractivity contribution in [2.75, 3.05) is 27.2 Å². The van der Waals surface area contributed by atoms with E-state index in [0.717, 1.165) is 34.2 Å². The summed E-state index contributed by atoms with van der Waals surface area (Å²) in [6.45, 7) is 2.82. The number of hydrogen-bond donors (Lipinski definition) is 2. The van der Waals surface area contributed by atoms with Gasteiger partial charge in [-0.25, -0.2) is 0 Å². The molecule has 0 saturated carbocycles. The predicted molar refractivity (Wildman–Crippen MR) is 96.2 cm³/mol. The van der Waals surface area contributed by atoms with Crippen molar-refractivity contribution in [3.8, 4) is 5.75 Å². The van der Waals surface area contributed by atoms with Gasteiger partial charge >= 0.3 is 0 Å². The van der Waals surface area contributed by atoms with Crippen LogP contribution in [0.4, 0.5) is 0 Å². The van der Waals surface area contributed by atoms with E-state index in [1.165, 1.54) is 6.07 Å². The SMILES string of the molecule is Cc1cc2c(c3ccc(=O)[nH]c13)OC(CNC(=O)CN(C)C)C2.Cl. The van der Waals surface area contributed by atoms with Gasteiger partial charge in [-0.05, 0) is 38.2 Å². The highest BCUT2D eigenvalue weighted by Gasteiger charge is 2.26. The van der Waals surface area contributed by atoms with Gasteiger partial charge in [-0.1, -0.05) is 6.07 Å². The highest BCUT2D eigenvalue weighted by atomic mass is 35.5. The Kier molecular flexibility index (Phi) is 5.51. The summed E-state index contributed by atoms with van der Waals surface area (Å²) in [5, 5.41) is 3.82. The van der Waals surface area contributed by atoms with Gasteiger partial charge in [-0.15, -0.1) is 12.4 Å². The first kappa shape index (κ1) is 18.3. The van der Waals surface area contributed by atoms with Gasteiger partial charge in [0.2, 0.25) is 11.5 Å². The smallest absolute Gasteiger partial charge is 0.248 e. The lowest BCUT2D eigenvalue weighted by atomic mass is 10.0. The number of amides is 1. The average Bonchev–Trinajstić information content (AvgIpc) is 2.87. The Bertz CT molecular complexity index is 817. The molecule has 2 N–H and O–H groups in total. The van der Waals surface area contributed by atoms with Crippen molar-refractivity contribution in [2.24, 2.45) is 0 Å². The van der Waals surface area contributed by atoms with Crippen LogP contribution in [0, 0.1) is 6.92 Å². The van der Waals surface area contributed by atoms with Gasteiger partial charge in [0.15, 0.2) is 0 Å². The number of aryl methyl sites for hydroxylation is 1. The lowest BCUT2D eigenvalue weighted by Gasteiger charge is -2.14. The number of benzene rings is 1. The van der Waals surface area contributed by atoms with Crippen molar-refractivity contribution in [3.63, 3.8) is 0 Å². The maximum Gasteiger partial charge on any atom is 0.248 e. The van der Waals surface area contributed by atoms with Crippen LogP contribution in [0.1, 0.15) is 11.1 Å². The summed E-state index contributed by atoms with van der Waals surface area (Å²) in [5.41, 5.74) is 2.84. The van der Waals surface area contributed by atoms with Crippen molar-refractivity contribution < 1.29 is 9.53 Å². The van der Waals surface area contributed by atoms with Crippen molar-refractivity contribution in [1.29, 1.82) is 0 Å². The number of aromatic amines is 1. The molecule has 1 atom stereocenters. The highest BCUT2D eigenvalue weighted by Crippen LogP contribution is 2.36. The highest BCUT2D eigenvalue weighted by molar-refractivity contribution is 5.89. The average molecular weight is 352 g/mol. The van der Waals surface area contributed by atoms with Crippen LogP contribution < -0.4 is 15.6 Å². The molecule has 0 radical (unpaired) electrons. The second-order valence-electron chi connectivity index (χ2n) is 6.28. The predicted octanol–water partition coefficient (Wildman–Crippen LogP) is 1.24. The Morgan fingerprint density at radius 2 is 2.17 bits per heavy atom. The zero-order chi connectivity index (χ0) is 16.6. The minimum Gasteiger partial charge on any atom is -0.487 e. The van der Waals surface area contributed by atoms with E-state index in [0.29, 0.717) is 13.1 Å². The van der Waals surface area contributed by atoms with Gasteiger partial charge in [-0.2, -0.15) is 0 Å². The number of ether oxygens (including phenoxy) is 1. The van der Waals surface area contributed by atoms with Crippen LogP contribution in [-0.4, -0.2) is 49.1 Å². The summed E-state index contributed by atoms with van der Waals surface area (Å²) in [4.78, 5) is 27.9. The molecule has 1 aromatic carbocycles. The van der Waals surface area contributed by atoms with Crippen molar-refractivity contribution in [3.05, 3.63) is 39.7 Å². The summed E-state index contributed by atoms with van der Waals surface area (Å²) in [5.74, 6) is 0.800. The number of hydrogen-bond acceptors (Lipinski definition) is 4. The lowest BCUT2D eigenvalue weighted by molar-refractivity contribution is -0.122. The monoisotopic (exact) mass is 351 g/mol. The molecule has 1 aliphatic heterocycles. The third-order valence-electron chi connectivity index (χ3n) is 3.96. The van der Waals surface area contributed by atoms with Crippen LogP contribution in [0.2, 0.25) is 0 Å². The van der Waals surface area contributed by atoms with E-state index in [2.05, 4.69) is 16.4 Å². The molecule has 1 aliphatic rings. The van der Waals surface area contributed by atoms with E-state index < -0.39 is 0 Å². The summed E-state index contributed by atoms with van der Waals surface area (Å²) in [6.07, 6.45) is 0.682. The van der Waals surface area contributed by atoms with Gasteiger partial charge in [0.1, 0.15) is 11.9 Å². The molecule has 24 heavy (non-hydrogen) atoms. The number of aromatic nitrogens is 1. The molecule has 0 fully saturated rings. The van der Waals surface area contributed by atoms with Crippen LogP contribution in [0.3, 0.4) is 0 Å². The third kappa shape index (κ3) is 3.71. The third-order valence-corrected chi connectivity index (χ3v) is 3.96. The molecule has 0 spiro atoms. The first-order valence-corrected chi connectivity index (χ1v) is 7.67. The number of carbonyl (C=O) groups is 1. The summed E-state index contributed by atoms with van der Waals surface area (Å²) < 4.78 is 6.02. The number of halogens is 1. The van der Waals surface area contributed by atoms with E-state index >= 15 is 0 Å². The van der Waals surface area contributed by atoms with E-state index in [-0.39, 0.29) is 30.0 Å². The fourth-order valence-corrected chi connectivity index (χ4v) is 2.98. The minimum atomic E-state index is -0.119. The largest absolute Gasteiger partial charge is 0.487 e. The number of nitrogens with one attached hydrogen (secondary N) is 2. The second-order valence-corrected chi connectivity index (χ2v) is 6.28. The standard InChI is InChI=1S/C17H21N3O3.ClH/c1-10-6-11-7-12(8-18-15(22)9-20(2)3)23-17(11)13-4-5-14(21)19-16(10)13;/h4-6,12H,7-9H2,1-3H3,(H,18,22)(H,19,21);1H. The molecular weight excluding hydrogens is 330 g/mol. The van der Waals surface area contributed by atoms with Crippen LogP contribution in [0.5, 0.6) is 5.75 Å². The molecule has 0 bridgehead atoms. The summed E-state index contributed by atoms with van der Waals surface area (Å²) in [7, 11) is 3.72. The molecule has 1 aromatic heterocycles. The minimum absolute atomic E-state index is 0. The number of pyridine rings is 1. The molecule has 130 valence electrons. The Balaban J connectivity index is 0.00000208. The molecule has 2 heterocycles. The lowest BCUT2D eigenvalue weighted by Crippen LogP contribution is -2.39. The fourth-order valence-electron chi connectivity index (χ4n) is 2.98. The zero-order valence-electron chi connectivity index (χ0n) is 14.0. The maximum absolute atomic E-state index is 11.7. The van der Waals surface area contributed by atoms with Gasteiger partial charge in [-0.3, -0.25) is 9.59 Å². The van der Waals surface area contributed by atoms with Crippen LogP contribution in [-0.2, 0) is 11.2 Å². The van der Waals surface area contributed by atoms with E-state index in [1.807, 2.05) is 25.9 Å². The first-order chi connectivity index (χ1) is 10.9. The number of H-pyrrole nitrogens is 1. The molecular formula is C17H22ClN3O3. The molecule has 1 amide bonds. The van der Waals surface area contributed by atoms with E-state index in [9.17, 15) is 9.59 Å². The summed E-state index contributed by atoms with van der Waals surface area (Å²) in [6, 6.07) is 5.36. The fraction of sp³-hybridized carbons (Fsp3) is 0.412. The molecule has 6 nitrogen and oxygen atoms in total. The number of likely N-dealkylation sites (N-methyl/N-ethyl adjacent to an activating group) is 1. The topological polar surface area (TPSA) is 74.4 Å². The Morgan fingerprint density at radius 3 is 2.88 bits per heavy atom. The zero-order valence-corrected chi connectivity index (χ0v) is 14.8. The van der Waals surface area contributed by atoms with Crippen molar-refractivity contribution in [2.45, 2.75) is 19.4 Å². The van der Waals surface area contributed by atoms with Crippen LogP contribution in [0.15, 0.2) is 23.0 Å². The molecule has 2 aromatic rings. The van der Waals surface area contributed by atoms with Crippen molar-refractivity contribution in [1.82, 2.24) is 15.2 Å². The molecule has 1 unspecified atom stereocenters. The van der Waals surface area contributed by atoms with Crippen LogP contribution >= 0.6 is 12.4 Å². The number of rotatable bonds is 4. The molecule has 3 rings (SSSR count). The normalized spacial score (nSPS) is 15.8. The maximum atomic E-state index is 11.7. The summed E-state index contributed by atoms with van der Waals surface area (Å²) >= 11 is 0. The van der Waals surface area contributed by atoms with E-state index in [1.54, 1.807) is 6.07 Å². The van der Waals surface area contributed by atoms with Crippen molar-refractivity contribution >= 4 is 29.2 Å². The quantitative estimate of drug-likeness (QED) is 0.869. The van der Waals surface area contributed by atoms with Gasteiger partial charge < -0.3 is 19.9 Å². The van der Waals surface area contributed by atoms with E-state index in [4.69, 9.17) is 4.74 Å². The second kappa shape index (κ2) is 7.23. The van der Waals surface area contributed by atoms with Gasteiger partial charge in [0.05, 0.1) is 18.6 Å². The van der Waals surface area contributed by atoms with Crippen LogP contribution in [0.25, 0.3) is 10.9 Å². The Hall–Kier alpha value is -2.05. The molecule has 7 heteroatoms. The van der Waals surface area contributed by atoms with Gasteiger partial charge in [0.25, 0.3) is 0 Å².